The average molecular weight is 435 g/mol. The topological polar surface area (TPSA) is 122 Å². The van der Waals surface area contributed by atoms with Crippen LogP contribution in [0.2, 0.25) is 0 Å². The van der Waals surface area contributed by atoms with Crippen LogP contribution in [0, 0.1) is 6.92 Å². The molecule has 0 aliphatic rings. The predicted octanol–water partition coefficient (Wildman–Crippen LogP) is 3.62. The first-order valence-corrected chi connectivity index (χ1v) is 11.0. The monoisotopic (exact) mass is 434 g/mol. The summed E-state index contributed by atoms with van der Waals surface area (Å²) in [5.74, 6) is -1.53. The van der Waals surface area contributed by atoms with E-state index < -0.39 is 21.9 Å². The van der Waals surface area contributed by atoms with Crippen molar-refractivity contribution in [3.8, 4) is 5.75 Å². The molecule has 0 aliphatic heterocycles. The van der Waals surface area contributed by atoms with E-state index in [4.69, 9.17) is 4.74 Å². The van der Waals surface area contributed by atoms with E-state index in [0.29, 0.717) is 5.56 Å². The zero-order valence-electron chi connectivity index (χ0n) is 17.8. The molecule has 0 atom stereocenters. The van der Waals surface area contributed by atoms with Crippen molar-refractivity contribution >= 4 is 33.3 Å². The van der Waals surface area contributed by atoms with Gasteiger partial charge < -0.3 is 15.2 Å². The van der Waals surface area contributed by atoms with Crippen molar-refractivity contribution in [1.29, 1.82) is 0 Å². The molecule has 0 saturated heterocycles. The smallest absolute Gasteiger partial charge is 0.335 e. The van der Waals surface area contributed by atoms with Crippen LogP contribution in [0.1, 0.15) is 52.6 Å². The minimum Gasteiger partial charge on any atom is -0.492 e. The van der Waals surface area contributed by atoms with Crippen LogP contribution in [0.15, 0.2) is 30.3 Å². The molecule has 0 spiro atoms. The fourth-order valence-corrected chi connectivity index (χ4v) is 3.39. The number of sulfonamides is 1. The normalized spacial score (nSPS) is 11.7. The van der Waals surface area contributed by atoms with Gasteiger partial charge in [-0.15, -0.1) is 0 Å². The third-order valence-corrected chi connectivity index (χ3v) is 5.02. The number of carbonyl (C=O) groups is 2. The number of ether oxygens (including phenoxy) is 1. The number of aromatic carboxylic acids is 1. The average Bonchev–Trinajstić information content (AvgIpc) is 2.59. The molecule has 0 bridgehead atoms. The fraction of sp³-hybridized carbons (Fsp3) is 0.333. The van der Waals surface area contributed by atoms with Crippen molar-refractivity contribution in [1.82, 2.24) is 0 Å². The molecule has 9 heteroatoms. The van der Waals surface area contributed by atoms with Gasteiger partial charge in [-0.1, -0.05) is 26.8 Å². The van der Waals surface area contributed by atoms with E-state index in [-0.39, 0.29) is 33.7 Å². The Morgan fingerprint density at radius 2 is 1.67 bits per heavy atom. The third kappa shape index (κ3) is 5.50. The van der Waals surface area contributed by atoms with E-state index >= 15 is 0 Å². The quantitative estimate of drug-likeness (QED) is 0.638. The lowest BCUT2D eigenvalue weighted by molar-refractivity contribution is 0.0696. The molecule has 30 heavy (non-hydrogen) atoms. The molecule has 8 nitrogen and oxygen atoms in total. The zero-order valence-corrected chi connectivity index (χ0v) is 18.6. The number of carboxylic acids is 1. The molecular weight excluding hydrogens is 408 g/mol. The molecule has 0 saturated carbocycles. The van der Waals surface area contributed by atoms with E-state index in [1.54, 1.807) is 25.1 Å². The SMILES string of the molecule is COc1c(NC(=O)c2ccc(C)c(C(=O)O)c2)cc(C(C)(C)C)cc1NS(C)(=O)=O. The molecule has 0 unspecified atom stereocenters. The number of amides is 1. The maximum atomic E-state index is 12.8. The van der Waals surface area contributed by atoms with Gasteiger partial charge in [0.05, 0.1) is 30.3 Å². The second kappa shape index (κ2) is 8.35. The van der Waals surface area contributed by atoms with Gasteiger partial charge in [0.15, 0.2) is 5.75 Å². The van der Waals surface area contributed by atoms with E-state index in [2.05, 4.69) is 10.0 Å². The molecule has 3 N–H and O–H groups in total. The number of anilines is 2. The highest BCUT2D eigenvalue weighted by atomic mass is 32.2. The standard InChI is InChI=1S/C21H26N2O6S/c1-12-7-8-13(9-15(12)20(25)26)19(24)22-16-10-14(21(2,3)4)11-17(18(16)29-5)23-30(6,27)28/h7-11,23H,1-6H3,(H,22,24)(H,25,26). The third-order valence-electron chi connectivity index (χ3n) is 4.43. The molecule has 2 aromatic carbocycles. The van der Waals surface area contributed by atoms with Crippen LogP contribution in [-0.2, 0) is 15.4 Å². The first kappa shape index (κ1) is 23.2. The largest absolute Gasteiger partial charge is 0.492 e. The molecule has 0 aliphatic carbocycles. The Balaban J connectivity index is 2.57. The molecule has 0 fully saturated rings. The Hall–Kier alpha value is -3.07. The van der Waals surface area contributed by atoms with Crippen molar-refractivity contribution < 1.29 is 27.9 Å². The maximum Gasteiger partial charge on any atom is 0.335 e. The number of rotatable bonds is 6. The molecular formula is C21H26N2O6S. The van der Waals surface area contributed by atoms with E-state index in [1.807, 2.05) is 20.8 Å². The summed E-state index contributed by atoms with van der Waals surface area (Å²) in [6, 6.07) is 7.73. The molecule has 2 rings (SSSR count). The molecule has 0 aromatic heterocycles. The van der Waals surface area contributed by atoms with Crippen LogP contribution >= 0.6 is 0 Å². The number of benzene rings is 2. The van der Waals surface area contributed by atoms with Crippen molar-refractivity contribution in [2.75, 3.05) is 23.4 Å². The number of carboxylic acid groups (broad SMARTS) is 1. The number of hydrogen-bond acceptors (Lipinski definition) is 5. The van der Waals surface area contributed by atoms with Gasteiger partial charge >= 0.3 is 5.97 Å². The first-order chi connectivity index (χ1) is 13.7. The van der Waals surface area contributed by atoms with Crippen molar-refractivity contribution in [3.05, 3.63) is 52.6 Å². The lowest BCUT2D eigenvalue weighted by Crippen LogP contribution is -2.18. The van der Waals surface area contributed by atoms with Gasteiger partial charge in [-0.05, 0) is 47.7 Å². The lowest BCUT2D eigenvalue weighted by Gasteiger charge is -2.24. The van der Waals surface area contributed by atoms with Crippen LogP contribution < -0.4 is 14.8 Å². The summed E-state index contributed by atoms with van der Waals surface area (Å²) in [6.45, 7) is 7.49. The summed E-state index contributed by atoms with van der Waals surface area (Å²) < 4.78 is 31.4. The van der Waals surface area contributed by atoms with Crippen LogP contribution in [0.3, 0.4) is 0 Å². The fourth-order valence-electron chi connectivity index (χ4n) is 2.84. The number of methoxy groups -OCH3 is 1. The van der Waals surface area contributed by atoms with Gasteiger partial charge in [-0.25, -0.2) is 13.2 Å². The second-order valence-electron chi connectivity index (χ2n) is 8.02. The van der Waals surface area contributed by atoms with Crippen molar-refractivity contribution in [2.24, 2.45) is 0 Å². The summed E-state index contributed by atoms with van der Waals surface area (Å²) in [4.78, 5) is 24.2. The van der Waals surface area contributed by atoms with Gasteiger partial charge in [0.2, 0.25) is 10.0 Å². The molecule has 2 aromatic rings. The van der Waals surface area contributed by atoms with E-state index in [9.17, 15) is 23.1 Å². The Morgan fingerprint density at radius 3 is 2.17 bits per heavy atom. The zero-order chi connectivity index (χ0) is 22.9. The van der Waals surface area contributed by atoms with Gasteiger partial charge in [-0.3, -0.25) is 9.52 Å². The van der Waals surface area contributed by atoms with Gasteiger partial charge in [-0.2, -0.15) is 0 Å². The number of hydrogen-bond donors (Lipinski definition) is 3. The van der Waals surface area contributed by atoms with Crippen molar-refractivity contribution in [2.45, 2.75) is 33.1 Å². The van der Waals surface area contributed by atoms with E-state index in [1.165, 1.54) is 19.2 Å². The van der Waals surface area contributed by atoms with Gasteiger partial charge in [0.25, 0.3) is 5.91 Å². The minimum atomic E-state index is -3.60. The summed E-state index contributed by atoms with van der Waals surface area (Å²) in [7, 11) is -2.23. The Morgan fingerprint density at radius 1 is 1.07 bits per heavy atom. The van der Waals surface area contributed by atoms with Crippen molar-refractivity contribution in [3.63, 3.8) is 0 Å². The Bertz CT molecular complexity index is 1100. The van der Waals surface area contributed by atoms with Crippen LogP contribution in [0.25, 0.3) is 0 Å². The molecule has 0 heterocycles. The highest BCUT2D eigenvalue weighted by molar-refractivity contribution is 7.92. The summed E-state index contributed by atoms with van der Waals surface area (Å²) in [6.07, 6.45) is 1.02. The summed E-state index contributed by atoms with van der Waals surface area (Å²) >= 11 is 0. The van der Waals surface area contributed by atoms with Crippen LogP contribution in [0.4, 0.5) is 11.4 Å². The van der Waals surface area contributed by atoms with E-state index in [0.717, 1.165) is 11.8 Å². The molecule has 162 valence electrons. The summed E-state index contributed by atoms with van der Waals surface area (Å²) in [5.41, 5.74) is 1.58. The first-order valence-electron chi connectivity index (χ1n) is 9.08. The number of aryl methyl sites for hydroxylation is 1. The predicted molar refractivity (Wildman–Crippen MR) is 116 cm³/mol. The lowest BCUT2D eigenvalue weighted by atomic mass is 9.86. The van der Waals surface area contributed by atoms with Crippen LogP contribution in [0.5, 0.6) is 5.75 Å². The molecule has 1 amide bonds. The highest BCUT2D eigenvalue weighted by Crippen LogP contribution is 2.39. The summed E-state index contributed by atoms with van der Waals surface area (Å²) in [5, 5.41) is 12.0. The minimum absolute atomic E-state index is 0.0255. The number of carbonyl (C=O) groups excluding carboxylic acids is 1. The van der Waals surface area contributed by atoms with Crippen LogP contribution in [-0.4, -0.2) is 38.8 Å². The van der Waals surface area contributed by atoms with Gasteiger partial charge in [0, 0.05) is 5.56 Å². The highest BCUT2D eigenvalue weighted by Gasteiger charge is 2.23. The second-order valence-corrected chi connectivity index (χ2v) is 9.77. The Labute approximate surface area is 176 Å². The number of nitrogens with one attached hydrogen (secondary N) is 2. The molecule has 0 radical (unpaired) electrons. The Kier molecular flexibility index (Phi) is 6.46. The van der Waals surface area contributed by atoms with Gasteiger partial charge in [0.1, 0.15) is 0 Å². The maximum absolute atomic E-state index is 12.8.